The second kappa shape index (κ2) is 6.95. The molecular weight excluding hydrogens is 309 g/mol. The molecule has 0 saturated carbocycles. The van der Waals surface area contributed by atoms with E-state index in [9.17, 15) is 9.50 Å². The van der Waals surface area contributed by atoms with Crippen molar-refractivity contribution in [2.75, 3.05) is 19.6 Å². The van der Waals surface area contributed by atoms with Crippen molar-refractivity contribution >= 4 is 16.9 Å². The number of thiophene rings is 1. The van der Waals surface area contributed by atoms with Crippen molar-refractivity contribution < 1.29 is 9.50 Å². The second-order valence-electron chi connectivity index (χ2n) is 6.13. The number of benzene rings is 1. The number of β-amino-alcohol motifs (C(OH)–C–C–N with tert-alkyl or cyclic N) is 1. The number of aryl methyl sites for hydroxylation is 2. The van der Waals surface area contributed by atoms with Gasteiger partial charge < -0.3 is 5.11 Å². The highest BCUT2D eigenvalue weighted by atomic mass is 32.1. The third-order valence-corrected chi connectivity index (χ3v) is 5.36. The lowest BCUT2D eigenvalue weighted by molar-refractivity contribution is 0.119. The molecule has 2 aromatic rings. The van der Waals surface area contributed by atoms with E-state index < -0.39 is 6.10 Å². The van der Waals surface area contributed by atoms with Gasteiger partial charge in [0.1, 0.15) is 5.82 Å². The SMILES string of the molecule is Cc1cc(C(O)CN2CC=C(c3ccc(F)cc3)CC2)c(C)s1. The fraction of sp³-hybridized carbons (Fsp3) is 0.368. The van der Waals surface area contributed by atoms with Crippen LogP contribution in [0, 0.1) is 19.7 Å². The first kappa shape index (κ1) is 16.4. The Morgan fingerprint density at radius 2 is 2.00 bits per heavy atom. The Balaban J connectivity index is 1.62. The summed E-state index contributed by atoms with van der Waals surface area (Å²) in [4.78, 5) is 4.72. The number of halogens is 1. The smallest absolute Gasteiger partial charge is 0.123 e. The highest BCUT2D eigenvalue weighted by Crippen LogP contribution is 2.28. The lowest BCUT2D eigenvalue weighted by atomic mass is 9.99. The number of aliphatic hydroxyl groups is 1. The normalized spacial score (nSPS) is 17.1. The molecule has 0 amide bonds. The Hall–Kier alpha value is -1.49. The summed E-state index contributed by atoms with van der Waals surface area (Å²) in [5.41, 5.74) is 3.41. The molecule has 1 aliphatic rings. The first-order valence-corrected chi connectivity index (χ1v) is 8.77. The quantitative estimate of drug-likeness (QED) is 0.901. The van der Waals surface area contributed by atoms with Crippen molar-refractivity contribution in [3.05, 3.63) is 63.1 Å². The number of aliphatic hydroxyl groups excluding tert-OH is 1. The topological polar surface area (TPSA) is 23.5 Å². The molecule has 1 aromatic heterocycles. The van der Waals surface area contributed by atoms with Crippen LogP contribution in [-0.2, 0) is 0 Å². The van der Waals surface area contributed by atoms with Crippen molar-refractivity contribution in [3.8, 4) is 0 Å². The summed E-state index contributed by atoms with van der Waals surface area (Å²) in [5, 5.41) is 10.5. The predicted molar refractivity (Wildman–Crippen MR) is 94.2 cm³/mol. The van der Waals surface area contributed by atoms with Crippen LogP contribution in [0.2, 0.25) is 0 Å². The molecule has 2 nitrogen and oxygen atoms in total. The van der Waals surface area contributed by atoms with E-state index in [1.54, 1.807) is 11.3 Å². The number of rotatable bonds is 4. The molecule has 2 heterocycles. The summed E-state index contributed by atoms with van der Waals surface area (Å²) in [5.74, 6) is -0.198. The van der Waals surface area contributed by atoms with Gasteiger partial charge in [0.25, 0.3) is 0 Å². The van der Waals surface area contributed by atoms with Crippen LogP contribution in [0.4, 0.5) is 4.39 Å². The van der Waals surface area contributed by atoms with Crippen LogP contribution in [0.25, 0.3) is 5.57 Å². The van der Waals surface area contributed by atoms with Gasteiger partial charge in [0.15, 0.2) is 0 Å². The maximum Gasteiger partial charge on any atom is 0.123 e. The van der Waals surface area contributed by atoms with Gasteiger partial charge in [0, 0.05) is 29.4 Å². The van der Waals surface area contributed by atoms with Crippen molar-refractivity contribution in [1.29, 1.82) is 0 Å². The fourth-order valence-electron chi connectivity index (χ4n) is 3.13. The Labute approximate surface area is 140 Å². The summed E-state index contributed by atoms with van der Waals surface area (Å²) in [6.07, 6.45) is 2.69. The molecule has 0 bridgehead atoms. The third kappa shape index (κ3) is 3.89. The molecule has 1 N–H and O–H groups in total. The van der Waals surface area contributed by atoms with Crippen LogP contribution in [0.3, 0.4) is 0 Å². The summed E-state index contributed by atoms with van der Waals surface area (Å²) in [6.45, 7) is 6.55. The zero-order valence-corrected chi connectivity index (χ0v) is 14.4. The predicted octanol–water partition coefficient (Wildman–Crippen LogP) is 4.33. The van der Waals surface area contributed by atoms with E-state index in [0.717, 1.165) is 30.6 Å². The highest BCUT2D eigenvalue weighted by molar-refractivity contribution is 7.12. The largest absolute Gasteiger partial charge is 0.387 e. The number of hydrogen-bond acceptors (Lipinski definition) is 3. The molecule has 0 radical (unpaired) electrons. The van der Waals surface area contributed by atoms with Gasteiger partial charge >= 0.3 is 0 Å². The highest BCUT2D eigenvalue weighted by Gasteiger charge is 2.19. The Kier molecular flexibility index (Phi) is 4.95. The minimum absolute atomic E-state index is 0.198. The molecular formula is C19H22FNOS. The van der Waals surface area contributed by atoms with Crippen LogP contribution >= 0.6 is 11.3 Å². The van der Waals surface area contributed by atoms with Gasteiger partial charge in [-0.2, -0.15) is 0 Å². The van der Waals surface area contributed by atoms with E-state index in [1.807, 2.05) is 12.1 Å². The number of hydrogen-bond donors (Lipinski definition) is 1. The van der Waals surface area contributed by atoms with E-state index in [1.165, 1.54) is 27.5 Å². The molecule has 0 saturated heterocycles. The minimum Gasteiger partial charge on any atom is -0.387 e. The maximum atomic E-state index is 13.0. The Morgan fingerprint density at radius 3 is 2.57 bits per heavy atom. The lowest BCUT2D eigenvalue weighted by Gasteiger charge is -2.28. The number of nitrogens with zero attached hydrogens (tertiary/aromatic N) is 1. The second-order valence-corrected chi connectivity index (χ2v) is 7.59. The zero-order chi connectivity index (χ0) is 16.4. The lowest BCUT2D eigenvalue weighted by Crippen LogP contribution is -2.32. The average molecular weight is 331 g/mol. The van der Waals surface area contributed by atoms with E-state index >= 15 is 0 Å². The van der Waals surface area contributed by atoms with Gasteiger partial charge in [-0.1, -0.05) is 18.2 Å². The Morgan fingerprint density at radius 1 is 1.26 bits per heavy atom. The molecule has 0 spiro atoms. The van der Waals surface area contributed by atoms with Gasteiger partial charge in [-0.15, -0.1) is 11.3 Å². The van der Waals surface area contributed by atoms with E-state index in [2.05, 4.69) is 30.9 Å². The van der Waals surface area contributed by atoms with Gasteiger partial charge in [-0.05, 0) is 55.2 Å². The molecule has 23 heavy (non-hydrogen) atoms. The average Bonchev–Trinajstić information content (AvgIpc) is 2.88. The molecule has 1 unspecified atom stereocenters. The van der Waals surface area contributed by atoms with E-state index in [4.69, 9.17) is 0 Å². The molecule has 0 fully saturated rings. The van der Waals surface area contributed by atoms with Gasteiger partial charge in [-0.3, -0.25) is 4.90 Å². The maximum absolute atomic E-state index is 13.0. The van der Waals surface area contributed by atoms with Crippen LogP contribution < -0.4 is 0 Å². The van der Waals surface area contributed by atoms with Gasteiger partial charge in [-0.25, -0.2) is 4.39 Å². The van der Waals surface area contributed by atoms with Gasteiger partial charge in [0.2, 0.25) is 0 Å². The van der Waals surface area contributed by atoms with Crippen LogP contribution in [0.5, 0.6) is 0 Å². The standard InChI is InChI=1S/C19H22FNOS/c1-13-11-18(14(2)23-13)19(22)12-21-9-7-16(8-10-21)15-3-5-17(20)6-4-15/h3-7,11,19,22H,8-10,12H2,1-2H3. The molecule has 0 aliphatic carbocycles. The minimum atomic E-state index is -0.430. The fourth-order valence-corrected chi connectivity index (χ4v) is 4.11. The summed E-state index contributed by atoms with van der Waals surface area (Å²) < 4.78 is 13.0. The van der Waals surface area contributed by atoms with Gasteiger partial charge in [0.05, 0.1) is 6.10 Å². The monoisotopic (exact) mass is 331 g/mol. The van der Waals surface area contributed by atoms with Crippen LogP contribution in [-0.4, -0.2) is 29.6 Å². The summed E-state index contributed by atoms with van der Waals surface area (Å²) in [6, 6.07) is 8.78. The molecule has 1 atom stereocenters. The van der Waals surface area contributed by atoms with E-state index in [0.29, 0.717) is 6.54 Å². The Bertz CT molecular complexity index is 705. The first-order chi connectivity index (χ1) is 11.0. The first-order valence-electron chi connectivity index (χ1n) is 7.95. The van der Waals surface area contributed by atoms with Crippen molar-refractivity contribution in [3.63, 3.8) is 0 Å². The molecule has 3 rings (SSSR count). The zero-order valence-electron chi connectivity index (χ0n) is 13.6. The van der Waals surface area contributed by atoms with Crippen LogP contribution in [0.1, 0.15) is 33.4 Å². The van der Waals surface area contributed by atoms with E-state index in [-0.39, 0.29) is 5.82 Å². The summed E-state index contributed by atoms with van der Waals surface area (Å²) in [7, 11) is 0. The summed E-state index contributed by atoms with van der Waals surface area (Å²) >= 11 is 1.74. The third-order valence-electron chi connectivity index (χ3n) is 4.38. The van der Waals surface area contributed by atoms with Crippen LogP contribution in [0.15, 0.2) is 36.4 Å². The van der Waals surface area contributed by atoms with Crippen molar-refractivity contribution in [2.24, 2.45) is 0 Å². The van der Waals surface area contributed by atoms with Crippen molar-refractivity contribution in [1.82, 2.24) is 4.90 Å². The molecule has 122 valence electrons. The molecule has 1 aliphatic heterocycles. The van der Waals surface area contributed by atoms with Crippen molar-refractivity contribution in [2.45, 2.75) is 26.4 Å². The molecule has 4 heteroatoms. The molecule has 1 aromatic carbocycles.